The Morgan fingerprint density at radius 2 is 1.73 bits per heavy atom. The number of hydrogen-bond donors (Lipinski definition) is 1. The van der Waals surface area contributed by atoms with E-state index in [1.165, 1.54) is 30.2 Å². The molecule has 4 rings (SSSR count). The Bertz CT molecular complexity index is 1340. The summed E-state index contributed by atoms with van der Waals surface area (Å²) in [5, 5.41) is 2.70. The first-order valence-electron chi connectivity index (χ1n) is 11.7. The molecule has 4 amide bonds. The third-order valence-electron chi connectivity index (χ3n) is 6.13. The Hall–Kier alpha value is -4.53. The molecule has 9 heteroatoms. The van der Waals surface area contributed by atoms with Crippen LogP contribution in [0.4, 0.5) is 20.6 Å². The van der Waals surface area contributed by atoms with Crippen molar-refractivity contribution >= 4 is 35.2 Å². The van der Waals surface area contributed by atoms with Crippen molar-refractivity contribution in [2.75, 3.05) is 23.9 Å². The number of methoxy groups -OCH3 is 1. The van der Waals surface area contributed by atoms with Crippen LogP contribution in [0, 0.1) is 12.7 Å². The van der Waals surface area contributed by atoms with Crippen LogP contribution in [0.1, 0.15) is 27.9 Å². The van der Waals surface area contributed by atoms with Gasteiger partial charge in [-0.3, -0.25) is 9.59 Å². The highest BCUT2D eigenvalue weighted by atomic mass is 19.1. The summed E-state index contributed by atoms with van der Waals surface area (Å²) in [6, 6.07) is 17.7. The number of amides is 4. The number of rotatable bonds is 8. The van der Waals surface area contributed by atoms with Gasteiger partial charge in [-0.1, -0.05) is 30.3 Å². The summed E-state index contributed by atoms with van der Waals surface area (Å²) in [4.78, 5) is 53.7. The smallest absolute Gasteiger partial charge is 0.337 e. The van der Waals surface area contributed by atoms with Gasteiger partial charge < -0.3 is 15.0 Å². The number of halogens is 1. The molecule has 1 fully saturated rings. The molecule has 1 unspecified atom stereocenters. The van der Waals surface area contributed by atoms with Gasteiger partial charge in [0.2, 0.25) is 5.91 Å². The molecule has 0 spiro atoms. The van der Waals surface area contributed by atoms with Gasteiger partial charge in [-0.15, -0.1) is 0 Å². The number of nitrogens with zero attached hydrogens (tertiary/aromatic N) is 2. The maximum Gasteiger partial charge on any atom is 0.337 e. The lowest BCUT2D eigenvalue weighted by atomic mass is 10.1. The van der Waals surface area contributed by atoms with Crippen LogP contribution in [-0.4, -0.2) is 48.4 Å². The van der Waals surface area contributed by atoms with E-state index in [2.05, 4.69) is 10.1 Å². The van der Waals surface area contributed by atoms with Crippen molar-refractivity contribution in [2.45, 2.75) is 25.8 Å². The van der Waals surface area contributed by atoms with Crippen LogP contribution in [0.25, 0.3) is 0 Å². The van der Waals surface area contributed by atoms with Crippen molar-refractivity contribution in [3.05, 3.63) is 95.3 Å². The lowest BCUT2D eigenvalue weighted by molar-refractivity contribution is -0.124. The van der Waals surface area contributed by atoms with Crippen molar-refractivity contribution in [1.82, 2.24) is 4.90 Å². The number of esters is 1. The van der Waals surface area contributed by atoms with Crippen molar-refractivity contribution < 1.29 is 28.3 Å². The number of nitrogens with one attached hydrogen (secondary N) is 1. The highest BCUT2D eigenvalue weighted by Crippen LogP contribution is 2.28. The third kappa shape index (κ3) is 5.66. The molecule has 0 saturated carbocycles. The minimum atomic E-state index is -1.06. The number of aryl methyl sites for hydroxylation is 1. The minimum absolute atomic E-state index is 0.0552. The number of urea groups is 1. The van der Waals surface area contributed by atoms with Gasteiger partial charge in [-0.2, -0.15) is 0 Å². The predicted molar refractivity (Wildman–Crippen MR) is 136 cm³/mol. The number of benzene rings is 3. The van der Waals surface area contributed by atoms with Gasteiger partial charge in [0, 0.05) is 12.2 Å². The lowest BCUT2D eigenvalue weighted by Crippen LogP contribution is -2.39. The summed E-state index contributed by atoms with van der Waals surface area (Å²) in [7, 11) is 1.27. The van der Waals surface area contributed by atoms with Crippen molar-refractivity contribution in [2.24, 2.45) is 0 Å². The average Bonchev–Trinajstić information content (AvgIpc) is 3.11. The van der Waals surface area contributed by atoms with Crippen LogP contribution in [-0.2, 0) is 20.7 Å². The predicted octanol–water partition coefficient (Wildman–Crippen LogP) is 4.33. The average molecular weight is 504 g/mol. The van der Waals surface area contributed by atoms with E-state index in [-0.39, 0.29) is 19.4 Å². The van der Waals surface area contributed by atoms with Gasteiger partial charge in [-0.25, -0.2) is 18.9 Å². The fourth-order valence-corrected chi connectivity index (χ4v) is 4.23. The Morgan fingerprint density at radius 3 is 2.41 bits per heavy atom. The number of hydrogen-bond acceptors (Lipinski definition) is 5. The second kappa shape index (κ2) is 11.0. The molecular formula is C28H26FN3O5. The van der Waals surface area contributed by atoms with E-state index >= 15 is 0 Å². The summed E-state index contributed by atoms with van der Waals surface area (Å²) < 4.78 is 18.9. The van der Waals surface area contributed by atoms with Crippen LogP contribution in [0.3, 0.4) is 0 Å². The number of anilines is 2. The van der Waals surface area contributed by atoms with E-state index < -0.39 is 35.7 Å². The van der Waals surface area contributed by atoms with Crippen molar-refractivity contribution in [1.29, 1.82) is 0 Å². The first-order chi connectivity index (χ1) is 17.8. The summed E-state index contributed by atoms with van der Waals surface area (Å²) in [5.74, 6) is -1.92. The molecule has 1 atom stereocenters. The molecule has 1 heterocycles. The fraction of sp³-hybridized carbons (Fsp3) is 0.214. The van der Waals surface area contributed by atoms with Crippen LogP contribution in [0.5, 0.6) is 0 Å². The minimum Gasteiger partial charge on any atom is -0.465 e. The number of imide groups is 1. The summed E-state index contributed by atoms with van der Waals surface area (Å²) >= 11 is 0. The van der Waals surface area contributed by atoms with Crippen molar-refractivity contribution in [3.8, 4) is 0 Å². The molecule has 1 N–H and O–H groups in total. The van der Waals surface area contributed by atoms with E-state index in [1.54, 1.807) is 48.5 Å². The Labute approximate surface area is 213 Å². The molecule has 1 aliphatic rings. The van der Waals surface area contributed by atoms with Crippen LogP contribution in [0.15, 0.2) is 72.8 Å². The van der Waals surface area contributed by atoms with E-state index in [0.717, 1.165) is 10.5 Å². The standard InChI is InChI=1S/C28H26FN3O5/c1-18-6-5-8-22(16-18)32-26(34)24(31(28(32)36)15-14-19-7-3-4-9-23(19)29)17-25(33)30-21-12-10-20(11-13-21)27(35)37-2/h3-13,16,24H,14-15,17H2,1-2H3,(H,30,33). The van der Waals surface area contributed by atoms with Gasteiger partial charge in [0.25, 0.3) is 5.91 Å². The number of carbonyl (C=O) groups is 4. The first kappa shape index (κ1) is 25.6. The molecule has 1 saturated heterocycles. The molecule has 8 nitrogen and oxygen atoms in total. The molecule has 0 aliphatic carbocycles. The first-order valence-corrected chi connectivity index (χ1v) is 11.7. The normalized spacial score (nSPS) is 15.2. The second-order valence-electron chi connectivity index (χ2n) is 8.67. The summed E-state index contributed by atoms with van der Waals surface area (Å²) in [6.45, 7) is 1.90. The van der Waals surface area contributed by atoms with Crippen LogP contribution < -0.4 is 10.2 Å². The number of carbonyl (C=O) groups excluding carboxylic acids is 4. The maximum atomic E-state index is 14.2. The Kier molecular flexibility index (Phi) is 7.62. The van der Waals surface area contributed by atoms with Crippen LogP contribution in [0.2, 0.25) is 0 Å². The van der Waals surface area contributed by atoms with Gasteiger partial charge in [0.05, 0.1) is 24.8 Å². The quantitative estimate of drug-likeness (QED) is 0.365. The molecule has 0 radical (unpaired) electrons. The monoisotopic (exact) mass is 503 g/mol. The highest BCUT2D eigenvalue weighted by molar-refractivity contribution is 6.22. The zero-order valence-electron chi connectivity index (χ0n) is 20.4. The summed E-state index contributed by atoms with van der Waals surface area (Å²) in [6.07, 6.45) is -0.108. The number of ether oxygens (including phenoxy) is 1. The van der Waals surface area contributed by atoms with E-state index in [9.17, 15) is 23.6 Å². The highest BCUT2D eigenvalue weighted by Gasteiger charge is 2.46. The maximum absolute atomic E-state index is 14.2. The van der Waals surface area contributed by atoms with Gasteiger partial charge in [0.1, 0.15) is 11.9 Å². The molecule has 3 aromatic carbocycles. The zero-order valence-corrected chi connectivity index (χ0v) is 20.4. The van der Waals surface area contributed by atoms with Gasteiger partial charge >= 0.3 is 12.0 Å². The van der Waals surface area contributed by atoms with Gasteiger partial charge in [0.15, 0.2) is 0 Å². The lowest BCUT2D eigenvalue weighted by Gasteiger charge is -2.21. The summed E-state index contributed by atoms with van der Waals surface area (Å²) in [5.41, 5.74) is 2.43. The van der Waals surface area contributed by atoms with E-state index in [4.69, 9.17) is 0 Å². The molecule has 190 valence electrons. The van der Waals surface area contributed by atoms with E-state index in [1.807, 2.05) is 13.0 Å². The molecule has 1 aliphatic heterocycles. The third-order valence-corrected chi connectivity index (χ3v) is 6.13. The van der Waals surface area contributed by atoms with Gasteiger partial charge in [-0.05, 0) is 66.9 Å². The molecule has 0 bridgehead atoms. The van der Waals surface area contributed by atoms with Crippen molar-refractivity contribution in [3.63, 3.8) is 0 Å². The molecular weight excluding hydrogens is 477 g/mol. The van der Waals surface area contributed by atoms with E-state index in [0.29, 0.717) is 22.5 Å². The Balaban J connectivity index is 1.54. The molecule has 37 heavy (non-hydrogen) atoms. The second-order valence-corrected chi connectivity index (χ2v) is 8.67. The zero-order chi connectivity index (χ0) is 26.5. The molecule has 3 aromatic rings. The Morgan fingerprint density at radius 1 is 1.00 bits per heavy atom. The molecule has 0 aromatic heterocycles. The topological polar surface area (TPSA) is 96.0 Å². The fourth-order valence-electron chi connectivity index (χ4n) is 4.23. The largest absolute Gasteiger partial charge is 0.465 e. The van der Waals surface area contributed by atoms with Crippen LogP contribution >= 0.6 is 0 Å². The SMILES string of the molecule is COC(=O)c1ccc(NC(=O)CC2C(=O)N(c3cccc(C)c3)C(=O)N2CCc2ccccc2F)cc1.